The van der Waals surface area contributed by atoms with Crippen molar-refractivity contribution in [1.29, 1.82) is 0 Å². The molecule has 3 nitrogen and oxygen atoms in total. The van der Waals surface area contributed by atoms with Crippen molar-refractivity contribution >= 4 is 18.0 Å². The van der Waals surface area contributed by atoms with Crippen molar-refractivity contribution in [2.75, 3.05) is 5.73 Å². The predicted molar refractivity (Wildman–Crippen MR) is 59.3 cm³/mol. The number of aromatic nitrogens is 2. The molecule has 1 aromatic heterocycles. The first-order valence-electron chi connectivity index (χ1n) is 4.17. The van der Waals surface area contributed by atoms with Crippen LogP contribution in [-0.2, 0) is 0 Å². The molecule has 2 aromatic rings. The number of hydrogen-bond acceptors (Lipinski definition) is 3. The van der Waals surface area contributed by atoms with Gasteiger partial charge in [-0.25, -0.2) is 4.98 Å². The molecule has 0 amide bonds. The first-order chi connectivity index (χ1) is 6.79. The van der Waals surface area contributed by atoms with E-state index in [-0.39, 0.29) is 0 Å². The molecule has 2 rings (SSSR count). The third-order valence-electron chi connectivity index (χ3n) is 1.95. The van der Waals surface area contributed by atoms with E-state index < -0.39 is 0 Å². The van der Waals surface area contributed by atoms with Gasteiger partial charge in [0, 0.05) is 0 Å². The van der Waals surface area contributed by atoms with Gasteiger partial charge in [0.2, 0.25) is 0 Å². The number of nitrogen functional groups attached to an aromatic ring is 1. The van der Waals surface area contributed by atoms with Gasteiger partial charge in [0.05, 0.1) is 11.9 Å². The highest BCUT2D eigenvalue weighted by atomic mass is 32.1. The fraction of sp³-hybridized carbons (Fsp3) is 0. The molecule has 1 aromatic carbocycles. The number of rotatable bonds is 1. The summed E-state index contributed by atoms with van der Waals surface area (Å²) in [6.45, 7) is 0. The predicted octanol–water partition coefficient (Wildman–Crippen LogP) is 2.39. The van der Waals surface area contributed by atoms with E-state index in [9.17, 15) is 0 Å². The minimum atomic E-state index is 0.521. The van der Waals surface area contributed by atoms with Crippen molar-refractivity contribution in [3.8, 4) is 11.1 Å². The molecule has 0 bridgehead atoms. The molecular formula is C10H9N3S. The lowest BCUT2D eigenvalue weighted by molar-refractivity contribution is 1.16. The summed E-state index contributed by atoms with van der Waals surface area (Å²) in [6.07, 6.45) is 1.50. The summed E-state index contributed by atoms with van der Waals surface area (Å²) < 4.78 is 0.521. The lowest BCUT2D eigenvalue weighted by Gasteiger charge is -2.03. The highest BCUT2D eigenvalue weighted by molar-refractivity contribution is 7.71. The molecule has 70 valence electrons. The maximum absolute atomic E-state index is 5.79. The van der Waals surface area contributed by atoms with Crippen molar-refractivity contribution < 1.29 is 0 Å². The molecule has 0 fully saturated rings. The maximum atomic E-state index is 5.79. The molecule has 0 radical (unpaired) electrons. The SMILES string of the molecule is Nc1[nH]cnc(=S)c1-c1ccccc1. The summed E-state index contributed by atoms with van der Waals surface area (Å²) in [5.74, 6) is 0.552. The van der Waals surface area contributed by atoms with Gasteiger partial charge in [-0.05, 0) is 5.56 Å². The summed E-state index contributed by atoms with van der Waals surface area (Å²) >= 11 is 5.11. The number of benzene rings is 1. The average Bonchev–Trinajstić information content (AvgIpc) is 2.19. The van der Waals surface area contributed by atoms with Crippen LogP contribution in [0.3, 0.4) is 0 Å². The van der Waals surface area contributed by atoms with Gasteiger partial charge in [0.1, 0.15) is 10.5 Å². The van der Waals surface area contributed by atoms with E-state index in [0.717, 1.165) is 11.1 Å². The number of nitrogens with zero attached hydrogens (tertiary/aromatic N) is 1. The molecule has 0 aliphatic carbocycles. The van der Waals surface area contributed by atoms with E-state index in [1.807, 2.05) is 30.3 Å². The van der Waals surface area contributed by atoms with Crippen LogP contribution < -0.4 is 5.73 Å². The summed E-state index contributed by atoms with van der Waals surface area (Å²) in [6, 6.07) is 9.74. The zero-order chi connectivity index (χ0) is 9.97. The Morgan fingerprint density at radius 2 is 1.93 bits per heavy atom. The lowest BCUT2D eigenvalue weighted by atomic mass is 10.1. The minimum Gasteiger partial charge on any atom is -0.385 e. The number of H-pyrrole nitrogens is 1. The second-order valence-corrected chi connectivity index (χ2v) is 3.25. The Labute approximate surface area is 86.6 Å². The van der Waals surface area contributed by atoms with Gasteiger partial charge in [0.15, 0.2) is 0 Å². The molecule has 0 unspecified atom stereocenters. The van der Waals surface area contributed by atoms with Crippen LogP contribution in [0.5, 0.6) is 0 Å². The second-order valence-electron chi connectivity index (χ2n) is 2.86. The van der Waals surface area contributed by atoms with Gasteiger partial charge >= 0.3 is 0 Å². The molecule has 0 saturated carbocycles. The molecule has 1 heterocycles. The molecule has 0 saturated heterocycles. The van der Waals surface area contributed by atoms with Crippen LogP contribution in [0.15, 0.2) is 36.7 Å². The largest absolute Gasteiger partial charge is 0.385 e. The van der Waals surface area contributed by atoms with Crippen LogP contribution in [0.1, 0.15) is 0 Å². The number of hydrogen-bond donors (Lipinski definition) is 2. The molecule has 0 spiro atoms. The van der Waals surface area contributed by atoms with Gasteiger partial charge in [-0.15, -0.1) is 0 Å². The third-order valence-corrected chi connectivity index (χ3v) is 2.26. The smallest absolute Gasteiger partial charge is 0.139 e. The highest BCUT2D eigenvalue weighted by Gasteiger charge is 2.04. The average molecular weight is 203 g/mol. The van der Waals surface area contributed by atoms with Crippen LogP contribution in [0.25, 0.3) is 11.1 Å². The van der Waals surface area contributed by atoms with Crippen LogP contribution in [-0.4, -0.2) is 9.97 Å². The second kappa shape index (κ2) is 3.59. The van der Waals surface area contributed by atoms with Crippen molar-refractivity contribution in [2.45, 2.75) is 0 Å². The lowest BCUT2D eigenvalue weighted by Crippen LogP contribution is -1.95. The maximum Gasteiger partial charge on any atom is 0.139 e. The van der Waals surface area contributed by atoms with Crippen LogP contribution in [0.2, 0.25) is 0 Å². The Kier molecular flexibility index (Phi) is 2.28. The van der Waals surface area contributed by atoms with Crippen molar-refractivity contribution in [1.82, 2.24) is 9.97 Å². The highest BCUT2D eigenvalue weighted by Crippen LogP contribution is 2.23. The Balaban J connectivity index is 2.69. The Morgan fingerprint density at radius 3 is 2.57 bits per heavy atom. The molecule has 0 atom stereocenters. The molecule has 0 aliphatic heterocycles. The third kappa shape index (κ3) is 1.52. The van der Waals surface area contributed by atoms with Crippen LogP contribution in [0, 0.1) is 4.64 Å². The van der Waals surface area contributed by atoms with E-state index in [1.54, 1.807) is 0 Å². The monoisotopic (exact) mass is 203 g/mol. The molecule has 4 heteroatoms. The van der Waals surface area contributed by atoms with Gasteiger partial charge in [-0.3, -0.25) is 0 Å². The fourth-order valence-corrected chi connectivity index (χ4v) is 1.58. The van der Waals surface area contributed by atoms with E-state index in [4.69, 9.17) is 18.0 Å². The van der Waals surface area contributed by atoms with E-state index >= 15 is 0 Å². The Hall–Kier alpha value is -1.68. The van der Waals surface area contributed by atoms with Crippen molar-refractivity contribution in [2.24, 2.45) is 0 Å². The van der Waals surface area contributed by atoms with Crippen LogP contribution in [0.4, 0.5) is 5.82 Å². The molecule has 3 N–H and O–H groups in total. The van der Waals surface area contributed by atoms with E-state index in [1.165, 1.54) is 6.33 Å². The zero-order valence-corrected chi connectivity index (χ0v) is 8.21. The van der Waals surface area contributed by atoms with Gasteiger partial charge in [0.25, 0.3) is 0 Å². The van der Waals surface area contributed by atoms with Crippen molar-refractivity contribution in [3.63, 3.8) is 0 Å². The molecular weight excluding hydrogens is 194 g/mol. The quantitative estimate of drug-likeness (QED) is 0.700. The minimum absolute atomic E-state index is 0.521. The van der Waals surface area contributed by atoms with Crippen molar-refractivity contribution in [3.05, 3.63) is 41.3 Å². The Bertz CT molecular complexity index is 490. The fourth-order valence-electron chi connectivity index (χ4n) is 1.30. The van der Waals surface area contributed by atoms with Gasteiger partial charge in [-0.1, -0.05) is 42.5 Å². The summed E-state index contributed by atoms with van der Waals surface area (Å²) in [5, 5.41) is 0. The summed E-state index contributed by atoms with van der Waals surface area (Å²) in [7, 11) is 0. The normalized spacial score (nSPS) is 10.0. The molecule has 0 aliphatic rings. The molecule has 14 heavy (non-hydrogen) atoms. The number of nitrogens with two attached hydrogens (primary N) is 1. The van der Waals surface area contributed by atoms with E-state index in [2.05, 4.69) is 9.97 Å². The standard InChI is InChI=1S/C10H9N3S/c11-9-8(10(14)13-6-12-9)7-4-2-1-3-5-7/h1-6H,(H3,11,12,13,14). The van der Waals surface area contributed by atoms with Gasteiger partial charge < -0.3 is 10.7 Å². The summed E-state index contributed by atoms with van der Waals surface area (Å²) in [5.41, 5.74) is 7.57. The van der Waals surface area contributed by atoms with Crippen LogP contribution >= 0.6 is 12.2 Å². The first kappa shape index (κ1) is 8.90. The zero-order valence-electron chi connectivity index (χ0n) is 7.40. The summed E-state index contributed by atoms with van der Waals surface area (Å²) in [4.78, 5) is 6.83. The van der Waals surface area contributed by atoms with Gasteiger partial charge in [-0.2, -0.15) is 0 Å². The topological polar surface area (TPSA) is 54.7 Å². The number of aromatic amines is 1. The first-order valence-corrected chi connectivity index (χ1v) is 4.58. The number of anilines is 1. The van der Waals surface area contributed by atoms with E-state index in [0.29, 0.717) is 10.5 Å². The Morgan fingerprint density at radius 1 is 1.21 bits per heavy atom. The number of nitrogens with one attached hydrogen (secondary N) is 1.